The van der Waals surface area contributed by atoms with Crippen molar-refractivity contribution in [3.8, 4) is 11.5 Å². The van der Waals surface area contributed by atoms with E-state index >= 15 is 0 Å². The first kappa shape index (κ1) is 22.4. The highest BCUT2D eigenvalue weighted by molar-refractivity contribution is 6.21. The Morgan fingerprint density at radius 2 is 1.57 bits per heavy atom. The molecule has 0 unspecified atom stereocenters. The Hall–Kier alpha value is -4.38. The van der Waals surface area contributed by atoms with Crippen LogP contribution in [0.3, 0.4) is 0 Å². The minimum absolute atomic E-state index is 0.0771. The molecule has 0 saturated carbocycles. The smallest absolute Gasteiger partial charge is 0.195 e. The number of benzene rings is 4. The molecule has 1 aromatic heterocycles. The molecule has 4 aromatic carbocycles. The quantitative estimate of drug-likeness (QED) is 0.288. The van der Waals surface area contributed by atoms with Crippen LogP contribution in [-0.2, 0) is 6.42 Å². The summed E-state index contributed by atoms with van der Waals surface area (Å²) in [5.74, 6) is 0.819. The van der Waals surface area contributed by atoms with Crippen LogP contribution in [0.4, 0.5) is 0 Å². The number of fused-ring (bicyclic) bond motifs is 3. The summed E-state index contributed by atoms with van der Waals surface area (Å²) in [5.41, 5.74) is 4.99. The molecule has 0 aliphatic heterocycles. The van der Waals surface area contributed by atoms with Gasteiger partial charge in [-0.2, -0.15) is 0 Å². The van der Waals surface area contributed by atoms with Crippen molar-refractivity contribution in [2.75, 3.05) is 14.2 Å². The molecule has 0 aliphatic carbocycles. The highest BCUT2D eigenvalue weighted by Crippen LogP contribution is 2.33. The Morgan fingerprint density at radius 1 is 0.771 bits per heavy atom. The molecule has 5 rings (SSSR count). The van der Waals surface area contributed by atoms with E-state index in [-0.39, 0.29) is 18.0 Å². The summed E-state index contributed by atoms with van der Waals surface area (Å²) in [5, 5.41) is 2.00. The molecule has 1 heterocycles. The fraction of sp³-hybridized carbons (Fsp3) is 0.133. The second kappa shape index (κ2) is 9.11. The van der Waals surface area contributed by atoms with Gasteiger partial charge in [-0.25, -0.2) is 0 Å². The molecule has 5 aromatic rings. The molecule has 0 radical (unpaired) electrons. The van der Waals surface area contributed by atoms with Gasteiger partial charge in [-0.15, -0.1) is 0 Å². The molecule has 0 saturated heterocycles. The minimum Gasteiger partial charge on any atom is -0.493 e. The second-order valence-electron chi connectivity index (χ2n) is 8.56. The molecule has 0 bridgehead atoms. The van der Waals surface area contributed by atoms with Gasteiger partial charge in [0.15, 0.2) is 23.1 Å². The highest BCUT2D eigenvalue weighted by Gasteiger charge is 2.22. The van der Waals surface area contributed by atoms with Crippen molar-refractivity contribution >= 4 is 33.4 Å². The van der Waals surface area contributed by atoms with Crippen LogP contribution in [0.5, 0.6) is 11.5 Å². The number of para-hydroxylation sites is 1. The van der Waals surface area contributed by atoms with Gasteiger partial charge in [0, 0.05) is 33.8 Å². The number of hydrogen-bond acceptors (Lipinski definition) is 4. The molecule has 0 fully saturated rings. The number of methoxy groups -OCH3 is 2. The molecule has 5 heteroatoms. The maximum absolute atomic E-state index is 13.8. The Kier molecular flexibility index (Phi) is 5.83. The van der Waals surface area contributed by atoms with E-state index in [2.05, 4.69) is 4.98 Å². The molecule has 5 nitrogen and oxygen atoms in total. The third-order valence-corrected chi connectivity index (χ3v) is 6.33. The fourth-order valence-electron chi connectivity index (χ4n) is 4.58. The molecule has 0 spiro atoms. The molecule has 0 amide bonds. The van der Waals surface area contributed by atoms with Gasteiger partial charge in [0.2, 0.25) is 0 Å². The van der Waals surface area contributed by atoms with Crippen LogP contribution in [0.2, 0.25) is 0 Å². The molecule has 1 N–H and O–H groups in total. The van der Waals surface area contributed by atoms with Crippen molar-refractivity contribution in [1.29, 1.82) is 0 Å². The maximum Gasteiger partial charge on any atom is 0.195 e. The molecule has 174 valence electrons. The predicted octanol–water partition coefficient (Wildman–Crippen LogP) is 6.30. The summed E-state index contributed by atoms with van der Waals surface area (Å²) in [7, 11) is 3.09. The van der Waals surface area contributed by atoms with E-state index in [9.17, 15) is 9.59 Å². The Balaban J connectivity index is 1.65. The van der Waals surface area contributed by atoms with Gasteiger partial charge in [-0.3, -0.25) is 9.59 Å². The van der Waals surface area contributed by atoms with E-state index in [1.807, 2.05) is 67.6 Å². The fourth-order valence-corrected chi connectivity index (χ4v) is 4.58. The van der Waals surface area contributed by atoms with Crippen LogP contribution in [0, 0.1) is 6.92 Å². The first-order chi connectivity index (χ1) is 17.0. The summed E-state index contributed by atoms with van der Waals surface area (Å²) in [6.07, 6.45) is 0.0771. The lowest BCUT2D eigenvalue weighted by atomic mass is 9.91. The number of rotatable bonds is 7. The Morgan fingerprint density at radius 3 is 2.34 bits per heavy atom. The molecule has 0 aliphatic rings. The number of carbonyl (C=O) groups excluding carboxylic acids is 2. The van der Waals surface area contributed by atoms with Gasteiger partial charge in [0.05, 0.1) is 25.3 Å². The normalized spacial score (nSPS) is 11.1. The van der Waals surface area contributed by atoms with E-state index in [0.29, 0.717) is 33.8 Å². The van der Waals surface area contributed by atoms with Crippen LogP contribution in [-0.4, -0.2) is 30.8 Å². The second-order valence-corrected chi connectivity index (χ2v) is 8.56. The number of ether oxygens (including phenoxy) is 2. The van der Waals surface area contributed by atoms with Crippen molar-refractivity contribution < 1.29 is 19.1 Å². The van der Waals surface area contributed by atoms with Crippen molar-refractivity contribution in [3.63, 3.8) is 0 Å². The summed E-state index contributed by atoms with van der Waals surface area (Å²) < 4.78 is 10.7. The number of ketones is 2. The summed E-state index contributed by atoms with van der Waals surface area (Å²) in [6.45, 7) is 1.96. The van der Waals surface area contributed by atoms with Crippen molar-refractivity contribution in [2.45, 2.75) is 13.3 Å². The Bertz CT molecular complexity index is 1600. The number of aromatic amines is 1. The standard InChI is InChI=1S/C30H25NO4/c1-18-7-6-8-21(15-18)30(33)28-20(11-13-23-22-9-4-5-10-24(22)31-29(23)28)16-25(32)19-12-14-26(34-2)27(17-19)35-3/h4-15,17,31H,16H2,1-3H3. The number of nitrogens with one attached hydrogen (secondary N) is 1. The van der Waals surface area contributed by atoms with E-state index in [4.69, 9.17) is 9.47 Å². The van der Waals surface area contributed by atoms with Crippen LogP contribution in [0.25, 0.3) is 21.8 Å². The number of Topliss-reactive ketones (excluding diaryl/α,β-unsaturated/α-hetero) is 1. The van der Waals surface area contributed by atoms with Crippen LogP contribution < -0.4 is 9.47 Å². The topological polar surface area (TPSA) is 68.4 Å². The number of hydrogen-bond donors (Lipinski definition) is 1. The van der Waals surface area contributed by atoms with Crippen molar-refractivity contribution in [3.05, 3.63) is 107 Å². The summed E-state index contributed by atoms with van der Waals surface area (Å²) in [4.78, 5) is 30.6. The van der Waals surface area contributed by atoms with Gasteiger partial charge in [0.1, 0.15) is 0 Å². The highest BCUT2D eigenvalue weighted by atomic mass is 16.5. The van der Waals surface area contributed by atoms with Crippen LogP contribution in [0.15, 0.2) is 78.9 Å². The van der Waals surface area contributed by atoms with Crippen molar-refractivity contribution in [2.24, 2.45) is 0 Å². The van der Waals surface area contributed by atoms with E-state index in [0.717, 1.165) is 27.4 Å². The maximum atomic E-state index is 13.8. The SMILES string of the molecule is COc1ccc(C(=O)Cc2ccc3c([nH]c4ccccc43)c2C(=O)c2cccc(C)c2)cc1OC. The first-order valence-electron chi connectivity index (χ1n) is 11.4. The average molecular weight is 464 g/mol. The lowest BCUT2D eigenvalue weighted by Gasteiger charge is -2.12. The average Bonchev–Trinajstić information content (AvgIpc) is 3.26. The van der Waals surface area contributed by atoms with E-state index in [1.165, 1.54) is 7.11 Å². The van der Waals surface area contributed by atoms with Crippen LogP contribution >= 0.6 is 0 Å². The summed E-state index contributed by atoms with van der Waals surface area (Å²) in [6, 6.07) is 24.5. The predicted molar refractivity (Wildman–Crippen MR) is 138 cm³/mol. The zero-order valence-electron chi connectivity index (χ0n) is 19.8. The van der Waals surface area contributed by atoms with Crippen LogP contribution in [0.1, 0.15) is 37.4 Å². The first-order valence-corrected chi connectivity index (χ1v) is 11.4. The lowest BCUT2D eigenvalue weighted by molar-refractivity contribution is 0.0992. The van der Waals surface area contributed by atoms with E-state index < -0.39 is 0 Å². The number of carbonyl (C=O) groups is 2. The molecular formula is C30H25NO4. The minimum atomic E-state index is -0.111. The third kappa shape index (κ3) is 4.06. The van der Waals surface area contributed by atoms with Gasteiger partial charge in [-0.05, 0) is 42.8 Å². The number of aryl methyl sites for hydroxylation is 1. The molecule has 35 heavy (non-hydrogen) atoms. The monoisotopic (exact) mass is 463 g/mol. The van der Waals surface area contributed by atoms with E-state index in [1.54, 1.807) is 25.3 Å². The number of H-pyrrole nitrogens is 1. The van der Waals surface area contributed by atoms with Gasteiger partial charge >= 0.3 is 0 Å². The van der Waals surface area contributed by atoms with Gasteiger partial charge in [-0.1, -0.05) is 54.1 Å². The third-order valence-electron chi connectivity index (χ3n) is 6.33. The lowest BCUT2D eigenvalue weighted by Crippen LogP contribution is -2.11. The van der Waals surface area contributed by atoms with Gasteiger partial charge in [0.25, 0.3) is 0 Å². The molecular weight excluding hydrogens is 438 g/mol. The number of aromatic nitrogens is 1. The van der Waals surface area contributed by atoms with Gasteiger partial charge < -0.3 is 14.5 Å². The zero-order chi connectivity index (χ0) is 24.5. The molecule has 0 atom stereocenters. The Labute approximate surface area is 203 Å². The van der Waals surface area contributed by atoms with Crippen molar-refractivity contribution in [1.82, 2.24) is 4.98 Å². The summed E-state index contributed by atoms with van der Waals surface area (Å²) >= 11 is 0. The largest absolute Gasteiger partial charge is 0.493 e. The zero-order valence-corrected chi connectivity index (χ0v) is 19.8.